The number of aliphatic carboxylic acids is 1. The molecule has 0 unspecified atom stereocenters. The van der Waals surface area contributed by atoms with Crippen molar-refractivity contribution in [1.29, 1.82) is 0 Å². The molecule has 1 N–H and O–H groups in total. The van der Waals surface area contributed by atoms with Gasteiger partial charge in [0.15, 0.2) is 0 Å². The van der Waals surface area contributed by atoms with Crippen molar-refractivity contribution in [2.24, 2.45) is 0 Å². The van der Waals surface area contributed by atoms with E-state index < -0.39 is 5.97 Å². The van der Waals surface area contributed by atoms with Crippen LogP contribution in [0.4, 0.5) is 0 Å². The summed E-state index contributed by atoms with van der Waals surface area (Å²) in [5.74, 6) is 0.340. The monoisotopic (exact) mass is 340 g/mol. The number of hydrogen-bond acceptors (Lipinski definition) is 3. The second-order valence-electron chi connectivity index (χ2n) is 5.75. The van der Waals surface area contributed by atoms with Crippen LogP contribution in [0.2, 0.25) is 0 Å². The molecule has 0 bridgehead atoms. The van der Waals surface area contributed by atoms with Crippen molar-refractivity contribution in [1.82, 2.24) is 0 Å². The van der Waals surface area contributed by atoms with E-state index in [-0.39, 0.29) is 5.57 Å². The van der Waals surface area contributed by atoms with Crippen LogP contribution in [0.15, 0.2) is 36.4 Å². The molecular formula is C21H24O4. The number of carboxylic acid groups (broad SMARTS) is 1. The fourth-order valence-corrected chi connectivity index (χ4v) is 2.70. The molecule has 132 valence electrons. The number of aryl methyl sites for hydroxylation is 2. The van der Waals surface area contributed by atoms with E-state index in [1.54, 1.807) is 12.1 Å². The fraction of sp³-hybridized carbons (Fsp3) is 0.286. The molecule has 0 aromatic heterocycles. The van der Waals surface area contributed by atoms with Crippen LogP contribution in [-0.2, 0) is 4.79 Å². The van der Waals surface area contributed by atoms with Crippen molar-refractivity contribution >= 4 is 17.6 Å². The molecular weight excluding hydrogens is 316 g/mol. The molecule has 2 aromatic carbocycles. The highest BCUT2D eigenvalue weighted by atomic mass is 16.5. The Morgan fingerprint density at radius 1 is 1.04 bits per heavy atom. The number of rotatable bonds is 7. The normalized spacial score (nSPS) is 11.3. The minimum absolute atomic E-state index is 0.239. The average Bonchev–Trinajstić information content (AvgIpc) is 2.55. The lowest BCUT2D eigenvalue weighted by Gasteiger charge is -2.12. The lowest BCUT2D eigenvalue weighted by Crippen LogP contribution is -2.03. The third-order valence-corrected chi connectivity index (χ3v) is 3.80. The molecule has 0 aliphatic carbocycles. The number of carboxylic acids is 1. The highest BCUT2D eigenvalue weighted by molar-refractivity contribution is 6.21. The van der Waals surface area contributed by atoms with E-state index in [1.165, 1.54) is 0 Å². The minimum Gasteiger partial charge on any atom is -0.494 e. The van der Waals surface area contributed by atoms with Crippen molar-refractivity contribution in [3.63, 3.8) is 0 Å². The summed E-state index contributed by atoms with van der Waals surface area (Å²) in [6, 6.07) is 11.2. The van der Waals surface area contributed by atoms with Gasteiger partial charge in [0.25, 0.3) is 0 Å². The van der Waals surface area contributed by atoms with E-state index in [0.717, 1.165) is 11.1 Å². The van der Waals surface area contributed by atoms with E-state index in [2.05, 4.69) is 0 Å². The van der Waals surface area contributed by atoms with E-state index >= 15 is 0 Å². The first-order valence-electron chi connectivity index (χ1n) is 8.38. The Bertz CT molecular complexity index is 790. The lowest BCUT2D eigenvalue weighted by molar-refractivity contribution is -0.130. The molecule has 0 spiro atoms. The zero-order chi connectivity index (χ0) is 18.4. The second-order valence-corrected chi connectivity index (χ2v) is 5.75. The van der Waals surface area contributed by atoms with Crippen molar-refractivity contribution in [3.8, 4) is 11.5 Å². The number of hydrogen-bond donors (Lipinski definition) is 1. The Balaban J connectivity index is 2.54. The van der Waals surface area contributed by atoms with Crippen LogP contribution in [0.1, 0.15) is 36.1 Å². The van der Waals surface area contributed by atoms with Gasteiger partial charge >= 0.3 is 5.97 Å². The predicted molar refractivity (Wildman–Crippen MR) is 100 cm³/mol. The highest BCUT2D eigenvalue weighted by Crippen LogP contribution is 2.30. The maximum absolute atomic E-state index is 11.8. The fourth-order valence-electron chi connectivity index (χ4n) is 2.70. The van der Waals surface area contributed by atoms with Crippen LogP contribution in [-0.4, -0.2) is 24.3 Å². The van der Waals surface area contributed by atoms with Crippen LogP contribution in [0.5, 0.6) is 11.5 Å². The average molecular weight is 340 g/mol. The van der Waals surface area contributed by atoms with Gasteiger partial charge in [-0.2, -0.15) is 0 Å². The van der Waals surface area contributed by atoms with Gasteiger partial charge in [0.2, 0.25) is 0 Å². The third-order valence-electron chi connectivity index (χ3n) is 3.80. The van der Waals surface area contributed by atoms with E-state index in [4.69, 9.17) is 9.47 Å². The van der Waals surface area contributed by atoms with Crippen molar-refractivity contribution in [2.75, 3.05) is 13.2 Å². The summed E-state index contributed by atoms with van der Waals surface area (Å²) >= 11 is 0. The van der Waals surface area contributed by atoms with Gasteiger partial charge in [0, 0.05) is 11.6 Å². The summed E-state index contributed by atoms with van der Waals surface area (Å²) in [6.07, 6.45) is 1.65. The maximum Gasteiger partial charge on any atom is 0.336 e. The molecule has 2 rings (SSSR count). The molecule has 0 amide bonds. The first kappa shape index (κ1) is 18.6. The minimum atomic E-state index is -0.969. The Kier molecular flexibility index (Phi) is 6.23. The summed E-state index contributed by atoms with van der Waals surface area (Å²) in [7, 11) is 0. The van der Waals surface area contributed by atoms with Crippen molar-refractivity contribution < 1.29 is 19.4 Å². The van der Waals surface area contributed by atoms with Crippen LogP contribution < -0.4 is 9.47 Å². The molecule has 0 aliphatic rings. The molecule has 4 nitrogen and oxygen atoms in total. The molecule has 0 saturated carbocycles. The summed E-state index contributed by atoms with van der Waals surface area (Å²) in [5, 5.41) is 9.71. The van der Waals surface area contributed by atoms with Gasteiger partial charge in [0.1, 0.15) is 11.5 Å². The first-order valence-corrected chi connectivity index (χ1v) is 8.38. The highest BCUT2D eigenvalue weighted by Gasteiger charge is 2.15. The zero-order valence-electron chi connectivity index (χ0n) is 15.1. The molecule has 0 aliphatic heterocycles. The van der Waals surface area contributed by atoms with Gasteiger partial charge in [-0.15, -0.1) is 0 Å². The van der Waals surface area contributed by atoms with Crippen LogP contribution in [0, 0.1) is 13.8 Å². The molecule has 0 saturated heterocycles. The van der Waals surface area contributed by atoms with Gasteiger partial charge in [-0.1, -0.05) is 23.8 Å². The number of carbonyl (C=O) groups is 1. The van der Waals surface area contributed by atoms with Crippen LogP contribution in [0.3, 0.4) is 0 Å². The topological polar surface area (TPSA) is 55.8 Å². The van der Waals surface area contributed by atoms with Crippen LogP contribution >= 0.6 is 0 Å². The van der Waals surface area contributed by atoms with Crippen molar-refractivity contribution in [3.05, 3.63) is 58.7 Å². The second kappa shape index (κ2) is 8.38. The largest absolute Gasteiger partial charge is 0.494 e. The quantitative estimate of drug-likeness (QED) is 0.585. The molecule has 4 heteroatoms. The molecule has 2 aromatic rings. The smallest absolute Gasteiger partial charge is 0.336 e. The Hall–Kier alpha value is -2.75. The first-order chi connectivity index (χ1) is 12.0. The molecule has 25 heavy (non-hydrogen) atoms. The molecule has 0 heterocycles. The number of ether oxygens (including phenoxy) is 2. The number of benzene rings is 2. The van der Waals surface area contributed by atoms with E-state index in [9.17, 15) is 9.90 Å². The van der Waals surface area contributed by atoms with Gasteiger partial charge in [0.05, 0.1) is 18.8 Å². The van der Waals surface area contributed by atoms with Gasteiger partial charge in [-0.05, 0) is 57.0 Å². The summed E-state index contributed by atoms with van der Waals surface area (Å²) in [4.78, 5) is 11.8. The SMILES string of the molecule is CCOc1ccc(/C=C(\C(=O)O)c2ccc(C)cc2C)c(OCC)c1. The third kappa shape index (κ3) is 4.63. The van der Waals surface area contributed by atoms with Crippen LogP contribution in [0.25, 0.3) is 11.6 Å². The van der Waals surface area contributed by atoms with E-state index in [0.29, 0.717) is 35.8 Å². The molecule has 0 atom stereocenters. The molecule has 0 fully saturated rings. The summed E-state index contributed by atoms with van der Waals surface area (Å²) in [5.41, 5.74) is 3.68. The lowest BCUT2D eigenvalue weighted by atomic mass is 9.96. The summed E-state index contributed by atoms with van der Waals surface area (Å²) in [6.45, 7) is 8.76. The van der Waals surface area contributed by atoms with E-state index in [1.807, 2.05) is 58.0 Å². The molecule has 0 radical (unpaired) electrons. The standard InChI is InChI=1S/C21H24O4/c1-5-24-17-9-8-16(20(13-17)25-6-2)12-19(21(22)23)18-10-7-14(3)11-15(18)4/h7-13H,5-6H2,1-4H3,(H,22,23)/b19-12-. The maximum atomic E-state index is 11.8. The predicted octanol–water partition coefficient (Wildman–Crippen LogP) is 4.73. The Morgan fingerprint density at radius 2 is 1.76 bits per heavy atom. The Morgan fingerprint density at radius 3 is 2.36 bits per heavy atom. The van der Waals surface area contributed by atoms with Gasteiger partial charge < -0.3 is 14.6 Å². The summed E-state index contributed by atoms with van der Waals surface area (Å²) < 4.78 is 11.2. The Labute approximate surface area is 148 Å². The van der Waals surface area contributed by atoms with Crippen molar-refractivity contribution in [2.45, 2.75) is 27.7 Å². The van der Waals surface area contributed by atoms with Gasteiger partial charge in [-0.25, -0.2) is 4.79 Å². The zero-order valence-corrected chi connectivity index (χ0v) is 15.1. The van der Waals surface area contributed by atoms with Gasteiger partial charge in [-0.3, -0.25) is 0 Å².